The first-order chi connectivity index (χ1) is 13.0. The standard InChI is InChI=1S/C18H18N2O6S/c1-25-17(23)11-5-6-12(18(24)26-2)13(10-11)20-15(21)7-8-19-16(22)14-4-3-9-27-14/h3-6,9-10H,7-8H2,1-2H3,(H,19,22)(H,20,21). The highest BCUT2D eigenvalue weighted by molar-refractivity contribution is 7.12. The summed E-state index contributed by atoms with van der Waals surface area (Å²) < 4.78 is 9.31. The average molecular weight is 390 g/mol. The van der Waals surface area contributed by atoms with Crippen LogP contribution in [0.4, 0.5) is 5.69 Å². The van der Waals surface area contributed by atoms with Crippen molar-refractivity contribution in [3.63, 3.8) is 0 Å². The van der Waals surface area contributed by atoms with Crippen LogP contribution >= 0.6 is 11.3 Å². The van der Waals surface area contributed by atoms with Gasteiger partial charge in [-0.1, -0.05) is 6.07 Å². The van der Waals surface area contributed by atoms with Crippen molar-refractivity contribution in [1.82, 2.24) is 5.32 Å². The molecule has 0 spiro atoms. The topological polar surface area (TPSA) is 111 Å². The van der Waals surface area contributed by atoms with Crippen molar-refractivity contribution in [3.8, 4) is 0 Å². The molecule has 2 rings (SSSR count). The summed E-state index contributed by atoms with van der Waals surface area (Å²) >= 11 is 1.30. The van der Waals surface area contributed by atoms with Crippen LogP contribution in [-0.2, 0) is 14.3 Å². The molecule has 0 atom stereocenters. The lowest BCUT2D eigenvalue weighted by molar-refractivity contribution is -0.116. The van der Waals surface area contributed by atoms with Crippen LogP contribution in [0, 0.1) is 0 Å². The Morgan fingerprint density at radius 3 is 2.41 bits per heavy atom. The van der Waals surface area contributed by atoms with Crippen molar-refractivity contribution in [2.75, 3.05) is 26.1 Å². The summed E-state index contributed by atoms with van der Waals surface area (Å²) in [6.45, 7) is 0.118. The van der Waals surface area contributed by atoms with Crippen molar-refractivity contribution in [2.45, 2.75) is 6.42 Å². The normalized spacial score (nSPS) is 10.0. The van der Waals surface area contributed by atoms with Gasteiger partial charge >= 0.3 is 11.9 Å². The van der Waals surface area contributed by atoms with E-state index in [0.29, 0.717) is 4.88 Å². The number of carbonyl (C=O) groups is 4. The molecule has 0 bridgehead atoms. The summed E-state index contributed by atoms with van der Waals surface area (Å²) in [5.74, 6) is -1.97. The molecule has 9 heteroatoms. The maximum absolute atomic E-state index is 12.2. The first-order valence-electron chi connectivity index (χ1n) is 7.88. The Morgan fingerprint density at radius 1 is 1.04 bits per heavy atom. The Labute approximate surface area is 159 Å². The summed E-state index contributed by atoms with van der Waals surface area (Å²) in [6, 6.07) is 7.54. The Kier molecular flexibility index (Phi) is 7.07. The van der Waals surface area contributed by atoms with Gasteiger partial charge in [-0.15, -0.1) is 11.3 Å². The first-order valence-corrected chi connectivity index (χ1v) is 8.76. The number of carbonyl (C=O) groups excluding carboxylic acids is 4. The largest absolute Gasteiger partial charge is 0.465 e. The number of benzene rings is 1. The number of hydrogen-bond acceptors (Lipinski definition) is 7. The van der Waals surface area contributed by atoms with Crippen LogP contribution in [0.1, 0.15) is 36.8 Å². The summed E-state index contributed by atoms with van der Waals surface area (Å²) in [6.07, 6.45) is -0.0137. The predicted octanol–water partition coefficient (Wildman–Crippen LogP) is 2.08. The van der Waals surface area contributed by atoms with Crippen LogP contribution in [0.5, 0.6) is 0 Å². The predicted molar refractivity (Wildman–Crippen MR) is 99.0 cm³/mol. The molecular weight excluding hydrogens is 372 g/mol. The summed E-state index contributed by atoms with van der Waals surface area (Å²) in [5.41, 5.74) is 0.395. The fourth-order valence-corrected chi connectivity index (χ4v) is 2.82. The van der Waals surface area contributed by atoms with Crippen molar-refractivity contribution in [3.05, 3.63) is 51.7 Å². The van der Waals surface area contributed by atoms with Gasteiger partial charge in [-0.05, 0) is 29.6 Å². The van der Waals surface area contributed by atoms with Crippen LogP contribution in [0.3, 0.4) is 0 Å². The summed E-state index contributed by atoms with van der Waals surface area (Å²) in [7, 11) is 2.44. The second-order valence-corrected chi connectivity index (χ2v) is 6.22. The van der Waals surface area contributed by atoms with E-state index >= 15 is 0 Å². The van der Waals surface area contributed by atoms with Crippen molar-refractivity contribution < 1.29 is 28.7 Å². The lowest BCUT2D eigenvalue weighted by Crippen LogP contribution is -2.27. The maximum atomic E-state index is 12.2. The highest BCUT2D eigenvalue weighted by Crippen LogP contribution is 2.20. The fraction of sp³-hybridized carbons (Fsp3) is 0.222. The molecular formula is C18H18N2O6S. The van der Waals surface area contributed by atoms with E-state index in [1.165, 1.54) is 43.8 Å². The third-order valence-electron chi connectivity index (χ3n) is 3.50. The quantitative estimate of drug-likeness (QED) is 0.701. The third kappa shape index (κ3) is 5.38. The SMILES string of the molecule is COC(=O)c1ccc(C(=O)OC)c(NC(=O)CCNC(=O)c2cccs2)c1. The maximum Gasteiger partial charge on any atom is 0.339 e. The van der Waals surface area contributed by atoms with E-state index in [1.54, 1.807) is 17.5 Å². The third-order valence-corrected chi connectivity index (χ3v) is 4.37. The summed E-state index contributed by atoms with van der Waals surface area (Å²) in [5, 5.41) is 6.97. The number of nitrogens with one attached hydrogen (secondary N) is 2. The van der Waals surface area contributed by atoms with Crippen LogP contribution in [0.25, 0.3) is 0 Å². The number of esters is 2. The Morgan fingerprint density at radius 2 is 1.78 bits per heavy atom. The molecule has 1 aromatic heterocycles. The van der Waals surface area contributed by atoms with Gasteiger partial charge in [0.2, 0.25) is 5.91 Å². The number of thiophene rings is 1. The Hall–Kier alpha value is -3.20. The molecule has 0 unspecified atom stereocenters. The van der Waals surface area contributed by atoms with Gasteiger partial charge in [0.05, 0.1) is 35.9 Å². The molecule has 0 saturated carbocycles. The number of methoxy groups -OCH3 is 2. The van der Waals surface area contributed by atoms with Crippen molar-refractivity contribution in [2.24, 2.45) is 0 Å². The molecule has 2 N–H and O–H groups in total. The van der Waals surface area contributed by atoms with Gasteiger partial charge in [-0.25, -0.2) is 9.59 Å². The fourth-order valence-electron chi connectivity index (χ4n) is 2.18. The molecule has 1 aromatic carbocycles. The molecule has 2 aromatic rings. The average Bonchev–Trinajstić information content (AvgIpc) is 3.21. The van der Waals surface area contributed by atoms with E-state index in [1.807, 2.05) is 0 Å². The van der Waals surface area contributed by atoms with Gasteiger partial charge in [-0.3, -0.25) is 9.59 Å². The number of rotatable bonds is 7. The molecule has 8 nitrogen and oxygen atoms in total. The van der Waals surface area contributed by atoms with E-state index in [4.69, 9.17) is 0 Å². The van der Waals surface area contributed by atoms with Gasteiger partial charge in [0, 0.05) is 13.0 Å². The van der Waals surface area contributed by atoms with E-state index < -0.39 is 17.8 Å². The van der Waals surface area contributed by atoms with E-state index in [2.05, 4.69) is 20.1 Å². The number of hydrogen-bond donors (Lipinski definition) is 2. The minimum Gasteiger partial charge on any atom is -0.465 e. The molecule has 0 aliphatic heterocycles. The number of amides is 2. The Balaban J connectivity index is 2.03. The zero-order chi connectivity index (χ0) is 19.8. The molecule has 0 saturated heterocycles. The van der Waals surface area contributed by atoms with Crippen LogP contribution in [0.15, 0.2) is 35.7 Å². The van der Waals surface area contributed by atoms with Crippen molar-refractivity contribution in [1.29, 1.82) is 0 Å². The van der Waals surface area contributed by atoms with Crippen LogP contribution in [-0.4, -0.2) is 44.5 Å². The monoisotopic (exact) mass is 390 g/mol. The molecule has 1 heterocycles. The molecule has 0 radical (unpaired) electrons. The van der Waals surface area contributed by atoms with Gasteiger partial charge in [0.1, 0.15) is 0 Å². The van der Waals surface area contributed by atoms with Gasteiger partial charge in [-0.2, -0.15) is 0 Å². The van der Waals surface area contributed by atoms with E-state index in [-0.39, 0.29) is 35.7 Å². The first kappa shape index (κ1) is 20.1. The van der Waals surface area contributed by atoms with Gasteiger partial charge in [0.25, 0.3) is 5.91 Å². The van der Waals surface area contributed by atoms with Gasteiger partial charge < -0.3 is 20.1 Å². The zero-order valence-corrected chi connectivity index (χ0v) is 15.6. The highest BCUT2D eigenvalue weighted by atomic mass is 32.1. The minimum absolute atomic E-state index is 0.0137. The van der Waals surface area contributed by atoms with Gasteiger partial charge in [0.15, 0.2) is 0 Å². The molecule has 142 valence electrons. The second kappa shape index (κ2) is 9.48. The van der Waals surface area contributed by atoms with Crippen molar-refractivity contribution >= 4 is 40.8 Å². The minimum atomic E-state index is -0.660. The summed E-state index contributed by atoms with van der Waals surface area (Å²) in [4.78, 5) is 48.1. The van der Waals surface area contributed by atoms with Crippen LogP contribution < -0.4 is 10.6 Å². The lowest BCUT2D eigenvalue weighted by atomic mass is 10.1. The molecule has 0 aliphatic carbocycles. The molecule has 2 amide bonds. The zero-order valence-electron chi connectivity index (χ0n) is 14.7. The smallest absolute Gasteiger partial charge is 0.339 e. The second-order valence-electron chi connectivity index (χ2n) is 5.27. The number of anilines is 1. The number of ether oxygens (including phenoxy) is 2. The highest BCUT2D eigenvalue weighted by Gasteiger charge is 2.17. The van der Waals surface area contributed by atoms with E-state index in [0.717, 1.165) is 0 Å². The lowest BCUT2D eigenvalue weighted by Gasteiger charge is -2.11. The molecule has 0 fully saturated rings. The van der Waals surface area contributed by atoms with E-state index in [9.17, 15) is 19.2 Å². The molecule has 27 heavy (non-hydrogen) atoms. The van der Waals surface area contributed by atoms with Crippen LogP contribution in [0.2, 0.25) is 0 Å². The Bertz CT molecular complexity index is 848. The molecule has 0 aliphatic rings.